The van der Waals surface area contributed by atoms with Gasteiger partial charge in [0.15, 0.2) is 0 Å². The molecule has 1 saturated carbocycles. The molecule has 18 heavy (non-hydrogen) atoms. The Hall–Kier alpha value is -2.02. The summed E-state index contributed by atoms with van der Waals surface area (Å²) in [4.78, 5) is 18.1. The van der Waals surface area contributed by atoms with Crippen LogP contribution in [0, 0.1) is 12.3 Å². The van der Waals surface area contributed by atoms with Crippen molar-refractivity contribution >= 4 is 6.03 Å². The lowest BCUT2D eigenvalue weighted by Crippen LogP contribution is -2.43. The van der Waals surface area contributed by atoms with E-state index in [1.54, 1.807) is 12.4 Å². The second kappa shape index (κ2) is 5.54. The van der Waals surface area contributed by atoms with E-state index in [2.05, 4.69) is 16.2 Å². The van der Waals surface area contributed by atoms with Crippen molar-refractivity contribution < 1.29 is 4.79 Å². The SMILES string of the molecule is C#CCNC(=O)N(C1CC1)[C@H](C)c1cccnc1. The Morgan fingerprint density at radius 2 is 2.50 bits per heavy atom. The van der Waals surface area contributed by atoms with Crippen LogP contribution in [0.3, 0.4) is 0 Å². The first kappa shape index (κ1) is 12.4. The Kier molecular flexibility index (Phi) is 3.83. The number of carbonyl (C=O) groups is 1. The first-order chi connectivity index (χ1) is 8.74. The van der Waals surface area contributed by atoms with Crippen molar-refractivity contribution in [2.75, 3.05) is 6.54 Å². The zero-order chi connectivity index (χ0) is 13.0. The molecule has 1 aromatic rings. The van der Waals surface area contributed by atoms with Gasteiger partial charge in [-0.2, -0.15) is 0 Å². The quantitative estimate of drug-likeness (QED) is 0.821. The van der Waals surface area contributed by atoms with Gasteiger partial charge in [0, 0.05) is 18.4 Å². The van der Waals surface area contributed by atoms with E-state index in [1.165, 1.54) is 0 Å². The fourth-order valence-corrected chi connectivity index (χ4v) is 2.01. The first-order valence-corrected chi connectivity index (χ1v) is 6.13. The minimum atomic E-state index is -0.0909. The van der Waals surface area contributed by atoms with Crippen LogP contribution in [-0.2, 0) is 0 Å². The van der Waals surface area contributed by atoms with Crippen molar-refractivity contribution in [1.82, 2.24) is 15.2 Å². The highest BCUT2D eigenvalue weighted by molar-refractivity contribution is 5.75. The van der Waals surface area contributed by atoms with Crippen molar-refractivity contribution in [3.8, 4) is 12.3 Å². The van der Waals surface area contributed by atoms with Gasteiger partial charge in [0.1, 0.15) is 0 Å². The van der Waals surface area contributed by atoms with Gasteiger partial charge in [-0.3, -0.25) is 4.98 Å². The molecule has 2 amide bonds. The molecule has 0 aromatic carbocycles. The maximum atomic E-state index is 12.1. The van der Waals surface area contributed by atoms with Crippen LogP contribution >= 0.6 is 0 Å². The van der Waals surface area contributed by atoms with E-state index < -0.39 is 0 Å². The van der Waals surface area contributed by atoms with Crippen molar-refractivity contribution in [3.63, 3.8) is 0 Å². The standard InChI is InChI=1S/C14H17N3O/c1-3-8-16-14(18)17(13-6-7-13)11(2)12-5-4-9-15-10-12/h1,4-5,9-11,13H,6-8H2,2H3,(H,16,18)/t11-/m1/s1. The lowest BCUT2D eigenvalue weighted by Gasteiger charge is -2.29. The minimum Gasteiger partial charge on any atom is -0.327 e. The molecule has 1 aliphatic rings. The topological polar surface area (TPSA) is 45.2 Å². The fourth-order valence-electron chi connectivity index (χ4n) is 2.01. The molecule has 1 fully saturated rings. The predicted octanol–water partition coefficient (Wildman–Crippen LogP) is 1.95. The molecule has 94 valence electrons. The number of urea groups is 1. The highest BCUT2D eigenvalue weighted by atomic mass is 16.2. The van der Waals surface area contributed by atoms with Crippen LogP contribution in [0.25, 0.3) is 0 Å². The van der Waals surface area contributed by atoms with Gasteiger partial charge in [-0.05, 0) is 31.4 Å². The molecular weight excluding hydrogens is 226 g/mol. The Balaban J connectivity index is 2.10. The van der Waals surface area contributed by atoms with E-state index in [-0.39, 0.29) is 18.6 Å². The minimum absolute atomic E-state index is 0.0176. The summed E-state index contributed by atoms with van der Waals surface area (Å²) in [5.41, 5.74) is 1.04. The van der Waals surface area contributed by atoms with Crippen LogP contribution in [0.4, 0.5) is 4.79 Å². The largest absolute Gasteiger partial charge is 0.327 e. The van der Waals surface area contributed by atoms with E-state index in [0.29, 0.717) is 6.04 Å². The third-order valence-corrected chi connectivity index (χ3v) is 3.10. The molecule has 0 saturated heterocycles. The van der Waals surface area contributed by atoms with E-state index in [1.807, 2.05) is 24.0 Å². The molecule has 0 radical (unpaired) electrons. The van der Waals surface area contributed by atoms with Crippen LogP contribution in [0.2, 0.25) is 0 Å². The monoisotopic (exact) mass is 243 g/mol. The second-order valence-corrected chi connectivity index (χ2v) is 4.46. The number of aromatic nitrogens is 1. The van der Waals surface area contributed by atoms with E-state index in [4.69, 9.17) is 6.42 Å². The molecule has 0 bridgehead atoms. The summed E-state index contributed by atoms with van der Waals surface area (Å²) in [5, 5.41) is 2.73. The predicted molar refractivity (Wildman–Crippen MR) is 69.7 cm³/mol. The molecule has 1 heterocycles. The van der Waals surface area contributed by atoms with Crippen LogP contribution in [0.15, 0.2) is 24.5 Å². The van der Waals surface area contributed by atoms with Crippen LogP contribution in [-0.4, -0.2) is 28.5 Å². The van der Waals surface area contributed by atoms with Crippen molar-refractivity contribution in [1.29, 1.82) is 0 Å². The molecule has 1 N–H and O–H groups in total. The molecule has 1 aromatic heterocycles. The first-order valence-electron chi connectivity index (χ1n) is 6.13. The molecule has 4 nitrogen and oxygen atoms in total. The van der Waals surface area contributed by atoms with Crippen molar-refractivity contribution in [2.24, 2.45) is 0 Å². The maximum Gasteiger partial charge on any atom is 0.318 e. The Labute approximate surface area is 107 Å². The zero-order valence-corrected chi connectivity index (χ0v) is 10.5. The molecule has 1 atom stereocenters. The van der Waals surface area contributed by atoms with E-state index in [0.717, 1.165) is 18.4 Å². The van der Waals surface area contributed by atoms with Gasteiger partial charge in [-0.1, -0.05) is 12.0 Å². The summed E-state index contributed by atoms with van der Waals surface area (Å²) in [5.74, 6) is 2.42. The lowest BCUT2D eigenvalue weighted by molar-refractivity contribution is 0.176. The number of carbonyl (C=O) groups excluding carboxylic acids is 1. The average molecular weight is 243 g/mol. The second-order valence-electron chi connectivity index (χ2n) is 4.46. The smallest absolute Gasteiger partial charge is 0.318 e. The molecule has 2 rings (SSSR count). The molecular formula is C14H17N3O. The van der Waals surface area contributed by atoms with Gasteiger partial charge in [0.25, 0.3) is 0 Å². The van der Waals surface area contributed by atoms with E-state index in [9.17, 15) is 4.79 Å². The van der Waals surface area contributed by atoms with Gasteiger partial charge in [-0.15, -0.1) is 6.42 Å². The van der Waals surface area contributed by atoms with Gasteiger partial charge in [0.05, 0.1) is 12.6 Å². The number of rotatable bonds is 4. The summed E-state index contributed by atoms with van der Waals surface area (Å²) in [6.45, 7) is 2.28. The Morgan fingerprint density at radius 3 is 3.06 bits per heavy atom. The summed E-state index contributed by atoms with van der Waals surface area (Å²) >= 11 is 0. The number of amides is 2. The van der Waals surface area contributed by atoms with Gasteiger partial charge in [-0.25, -0.2) is 4.79 Å². The zero-order valence-electron chi connectivity index (χ0n) is 10.5. The number of nitrogens with one attached hydrogen (secondary N) is 1. The summed E-state index contributed by atoms with van der Waals surface area (Å²) in [6, 6.07) is 4.13. The number of pyridine rings is 1. The highest BCUT2D eigenvalue weighted by Gasteiger charge is 2.36. The Morgan fingerprint density at radius 1 is 1.72 bits per heavy atom. The van der Waals surface area contributed by atoms with Gasteiger partial charge in [0.2, 0.25) is 0 Å². The number of terminal acetylenes is 1. The highest BCUT2D eigenvalue weighted by Crippen LogP contribution is 2.33. The summed E-state index contributed by atoms with van der Waals surface area (Å²) < 4.78 is 0. The van der Waals surface area contributed by atoms with Gasteiger partial charge >= 0.3 is 6.03 Å². The fraction of sp³-hybridized carbons (Fsp3) is 0.429. The van der Waals surface area contributed by atoms with Crippen LogP contribution in [0.1, 0.15) is 31.4 Å². The molecule has 0 spiro atoms. The normalized spacial score (nSPS) is 15.6. The van der Waals surface area contributed by atoms with Crippen molar-refractivity contribution in [3.05, 3.63) is 30.1 Å². The number of hydrogen-bond acceptors (Lipinski definition) is 2. The average Bonchev–Trinajstić information content (AvgIpc) is 3.22. The van der Waals surface area contributed by atoms with Crippen molar-refractivity contribution in [2.45, 2.75) is 31.8 Å². The number of hydrogen-bond donors (Lipinski definition) is 1. The number of nitrogens with zero attached hydrogens (tertiary/aromatic N) is 2. The molecule has 0 aliphatic heterocycles. The van der Waals surface area contributed by atoms with Crippen LogP contribution in [0.5, 0.6) is 0 Å². The third kappa shape index (κ3) is 2.80. The molecule has 1 aliphatic carbocycles. The summed E-state index contributed by atoms with van der Waals surface area (Å²) in [7, 11) is 0. The Bertz CT molecular complexity index is 448. The molecule has 4 heteroatoms. The lowest BCUT2D eigenvalue weighted by atomic mass is 10.1. The molecule has 0 unspecified atom stereocenters. The summed E-state index contributed by atoms with van der Waals surface area (Å²) in [6.07, 6.45) is 10.8. The maximum absolute atomic E-state index is 12.1. The van der Waals surface area contributed by atoms with E-state index >= 15 is 0 Å². The third-order valence-electron chi connectivity index (χ3n) is 3.10. The van der Waals surface area contributed by atoms with Crippen LogP contribution < -0.4 is 5.32 Å². The van der Waals surface area contributed by atoms with Gasteiger partial charge < -0.3 is 10.2 Å².